The van der Waals surface area contributed by atoms with Crippen molar-refractivity contribution in [2.24, 2.45) is 0 Å². The minimum atomic E-state index is -0.425. The molecule has 0 aromatic heterocycles. The summed E-state index contributed by atoms with van der Waals surface area (Å²) in [6.07, 6.45) is 0.214. The van der Waals surface area contributed by atoms with Crippen molar-refractivity contribution in [3.63, 3.8) is 0 Å². The van der Waals surface area contributed by atoms with Crippen LogP contribution < -0.4 is 4.74 Å². The van der Waals surface area contributed by atoms with Gasteiger partial charge in [-0.25, -0.2) is 0 Å². The van der Waals surface area contributed by atoms with Gasteiger partial charge in [0.15, 0.2) is 0 Å². The first-order chi connectivity index (χ1) is 9.93. The standard InChI is InChI=1S/C15H20BrNO4/c1-11(2)17(10-15(19)20-3)14(18)8-9-21-13-6-4-12(16)5-7-13/h4-7,11H,8-10H2,1-3H3. The Kier molecular flexibility index (Phi) is 7.22. The van der Waals surface area contributed by atoms with E-state index in [0.717, 1.165) is 4.47 Å². The third kappa shape index (κ3) is 6.16. The summed E-state index contributed by atoms with van der Waals surface area (Å²) in [6.45, 7) is 3.95. The molecule has 0 atom stereocenters. The molecule has 21 heavy (non-hydrogen) atoms. The first-order valence-corrected chi connectivity index (χ1v) is 7.48. The summed E-state index contributed by atoms with van der Waals surface area (Å²) < 4.78 is 11.1. The fourth-order valence-electron chi connectivity index (χ4n) is 1.69. The number of amides is 1. The number of ether oxygens (including phenoxy) is 2. The molecule has 0 unspecified atom stereocenters. The number of hydrogen-bond acceptors (Lipinski definition) is 4. The van der Waals surface area contributed by atoms with Crippen molar-refractivity contribution in [1.82, 2.24) is 4.90 Å². The summed E-state index contributed by atoms with van der Waals surface area (Å²) in [7, 11) is 1.31. The van der Waals surface area contributed by atoms with E-state index in [0.29, 0.717) is 5.75 Å². The van der Waals surface area contributed by atoms with Crippen molar-refractivity contribution in [3.05, 3.63) is 28.7 Å². The highest BCUT2D eigenvalue weighted by Gasteiger charge is 2.20. The minimum Gasteiger partial charge on any atom is -0.493 e. The van der Waals surface area contributed by atoms with Crippen LogP contribution >= 0.6 is 15.9 Å². The molecule has 0 aliphatic heterocycles. The van der Waals surface area contributed by atoms with Crippen LogP contribution in [0.1, 0.15) is 20.3 Å². The number of esters is 1. The number of nitrogens with zero attached hydrogens (tertiary/aromatic N) is 1. The predicted molar refractivity (Wildman–Crippen MR) is 83.1 cm³/mol. The lowest BCUT2D eigenvalue weighted by Crippen LogP contribution is -2.41. The molecule has 0 heterocycles. The van der Waals surface area contributed by atoms with Gasteiger partial charge in [0, 0.05) is 10.5 Å². The maximum absolute atomic E-state index is 12.1. The molecule has 0 saturated heterocycles. The van der Waals surface area contributed by atoms with Crippen molar-refractivity contribution in [3.8, 4) is 5.75 Å². The SMILES string of the molecule is COC(=O)CN(C(=O)CCOc1ccc(Br)cc1)C(C)C. The molecule has 116 valence electrons. The van der Waals surface area contributed by atoms with Crippen LogP contribution in [0.2, 0.25) is 0 Å². The molecule has 5 nitrogen and oxygen atoms in total. The fourth-order valence-corrected chi connectivity index (χ4v) is 1.96. The van der Waals surface area contributed by atoms with Gasteiger partial charge in [0.2, 0.25) is 5.91 Å². The monoisotopic (exact) mass is 357 g/mol. The Morgan fingerprint density at radius 2 is 1.86 bits per heavy atom. The van der Waals surface area contributed by atoms with Crippen LogP contribution in [0.5, 0.6) is 5.75 Å². The van der Waals surface area contributed by atoms with Crippen LogP contribution in [0.15, 0.2) is 28.7 Å². The summed E-state index contributed by atoms with van der Waals surface area (Å²) >= 11 is 3.34. The number of benzene rings is 1. The van der Waals surface area contributed by atoms with E-state index in [1.165, 1.54) is 12.0 Å². The van der Waals surface area contributed by atoms with Gasteiger partial charge in [-0.2, -0.15) is 0 Å². The second kappa shape index (κ2) is 8.67. The summed E-state index contributed by atoms with van der Waals surface area (Å²) in [6, 6.07) is 7.32. The van der Waals surface area contributed by atoms with E-state index in [9.17, 15) is 9.59 Å². The van der Waals surface area contributed by atoms with Gasteiger partial charge in [-0.1, -0.05) is 15.9 Å². The number of halogens is 1. The lowest BCUT2D eigenvalue weighted by Gasteiger charge is -2.25. The molecule has 1 rings (SSSR count). The van der Waals surface area contributed by atoms with Gasteiger partial charge < -0.3 is 14.4 Å². The second-order valence-electron chi connectivity index (χ2n) is 4.74. The Hall–Kier alpha value is -1.56. The molecule has 0 N–H and O–H groups in total. The molecule has 1 aromatic carbocycles. The quantitative estimate of drug-likeness (QED) is 0.704. The van der Waals surface area contributed by atoms with Crippen LogP contribution in [0, 0.1) is 0 Å². The molecule has 6 heteroatoms. The van der Waals surface area contributed by atoms with Gasteiger partial charge in [0.1, 0.15) is 12.3 Å². The lowest BCUT2D eigenvalue weighted by atomic mass is 10.2. The van der Waals surface area contributed by atoms with Crippen molar-refractivity contribution in [1.29, 1.82) is 0 Å². The van der Waals surface area contributed by atoms with E-state index < -0.39 is 5.97 Å². The summed E-state index contributed by atoms with van der Waals surface area (Å²) in [5.74, 6) is 0.147. The van der Waals surface area contributed by atoms with Crippen LogP contribution in [-0.2, 0) is 14.3 Å². The number of methoxy groups -OCH3 is 1. The molecule has 0 bridgehead atoms. The van der Waals surface area contributed by atoms with Gasteiger partial charge in [-0.3, -0.25) is 9.59 Å². The number of rotatable bonds is 7. The normalized spacial score (nSPS) is 10.3. The van der Waals surface area contributed by atoms with Crippen molar-refractivity contribution < 1.29 is 19.1 Å². The van der Waals surface area contributed by atoms with Crippen LogP contribution in [0.25, 0.3) is 0 Å². The molecule has 0 aliphatic rings. The van der Waals surface area contributed by atoms with Crippen LogP contribution in [-0.4, -0.2) is 43.1 Å². The zero-order chi connectivity index (χ0) is 15.8. The average Bonchev–Trinajstić information content (AvgIpc) is 2.46. The molecule has 0 saturated carbocycles. The van der Waals surface area contributed by atoms with Gasteiger partial charge in [-0.15, -0.1) is 0 Å². The zero-order valence-corrected chi connectivity index (χ0v) is 14.1. The van der Waals surface area contributed by atoms with Gasteiger partial charge >= 0.3 is 5.97 Å². The van der Waals surface area contributed by atoms with E-state index in [1.54, 1.807) is 0 Å². The Balaban J connectivity index is 2.46. The highest BCUT2D eigenvalue weighted by molar-refractivity contribution is 9.10. The molecule has 0 spiro atoms. The Bertz CT molecular complexity index is 473. The number of carbonyl (C=O) groups is 2. The number of carbonyl (C=O) groups excluding carboxylic acids is 2. The Labute approximate surface area is 133 Å². The summed E-state index contributed by atoms with van der Waals surface area (Å²) in [5.41, 5.74) is 0. The first kappa shape index (κ1) is 17.5. The van der Waals surface area contributed by atoms with Crippen LogP contribution in [0.4, 0.5) is 0 Å². The largest absolute Gasteiger partial charge is 0.493 e. The van der Waals surface area contributed by atoms with Crippen LogP contribution in [0.3, 0.4) is 0 Å². The maximum atomic E-state index is 12.1. The van der Waals surface area contributed by atoms with Gasteiger partial charge in [0.25, 0.3) is 0 Å². The van der Waals surface area contributed by atoms with Gasteiger partial charge in [0.05, 0.1) is 20.1 Å². The highest BCUT2D eigenvalue weighted by Crippen LogP contribution is 2.16. The minimum absolute atomic E-state index is 0.0364. The second-order valence-corrected chi connectivity index (χ2v) is 5.66. The average molecular weight is 358 g/mol. The Morgan fingerprint density at radius 1 is 1.24 bits per heavy atom. The van der Waals surface area contributed by atoms with Gasteiger partial charge in [-0.05, 0) is 38.1 Å². The van der Waals surface area contributed by atoms with Crippen molar-refractivity contribution in [2.45, 2.75) is 26.3 Å². The van der Waals surface area contributed by atoms with Crippen molar-refractivity contribution in [2.75, 3.05) is 20.3 Å². The van der Waals surface area contributed by atoms with E-state index in [2.05, 4.69) is 20.7 Å². The molecule has 1 aromatic rings. The highest BCUT2D eigenvalue weighted by atomic mass is 79.9. The molecule has 0 radical (unpaired) electrons. The summed E-state index contributed by atoms with van der Waals surface area (Å²) in [5, 5.41) is 0. The lowest BCUT2D eigenvalue weighted by molar-refractivity contribution is -0.148. The molecular formula is C15H20BrNO4. The zero-order valence-electron chi connectivity index (χ0n) is 12.5. The molecule has 0 aliphatic carbocycles. The third-order valence-electron chi connectivity index (χ3n) is 2.87. The molecule has 0 fully saturated rings. The van der Waals surface area contributed by atoms with E-state index in [-0.39, 0.29) is 31.5 Å². The van der Waals surface area contributed by atoms with E-state index in [1.807, 2.05) is 38.1 Å². The Morgan fingerprint density at radius 3 is 2.38 bits per heavy atom. The smallest absolute Gasteiger partial charge is 0.325 e. The fraction of sp³-hybridized carbons (Fsp3) is 0.467. The molecule has 1 amide bonds. The maximum Gasteiger partial charge on any atom is 0.325 e. The topological polar surface area (TPSA) is 55.8 Å². The third-order valence-corrected chi connectivity index (χ3v) is 3.40. The van der Waals surface area contributed by atoms with E-state index in [4.69, 9.17) is 4.74 Å². The predicted octanol–water partition coefficient (Wildman–Crippen LogP) is 2.63. The number of hydrogen-bond donors (Lipinski definition) is 0. The first-order valence-electron chi connectivity index (χ1n) is 6.68. The summed E-state index contributed by atoms with van der Waals surface area (Å²) in [4.78, 5) is 24.9. The van der Waals surface area contributed by atoms with Crippen molar-refractivity contribution >= 4 is 27.8 Å². The molecular weight excluding hydrogens is 338 g/mol. The van der Waals surface area contributed by atoms with E-state index >= 15 is 0 Å².